The number of benzene rings is 3. The lowest BCUT2D eigenvalue weighted by atomic mass is 9.79. The molecular formula is C25H20BrNO4. The number of anilines is 1. The minimum absolute atomic E-state index is 0.0636. The molecule has 1 heterocycles. The third-order valence-electron chi connectivity index (χ3n) is 6.90. The molecular weight excluding hydrogens is 458 g/mol. The van der Waals surface area contributed by atoms with Crippen LogP contribution in [-0.2, 0) is 14.3 Å². The molecule has 6 rings (SSSR count). The van der Waals surface area contributed by atoms with E-state index in [1.807, 2.05) is 54.6 Å². The van der Waals surface area contributed by atoms with Gasteiger partial charge in [-0.3, -0.25) is 9.59 Å². The van der Waals surface area contributed by atoms with Crippen LogP contribution >= 0.6 is 15.9 Å². The van der Waals surface area contributed by atoms with Crippen molar-refractivity contribution in [1.29, 1.82) is 0 Å². The predicted molar refractivity (Wildman–Crippen MR) is 120 cm³/mol. The van der Waals surface area contributed by atoms with Gasteiger partial charge in [0.05, 0.1) is 16.7 Å². The van der Waals surface area contributed by atoms with E-state index in [0.717, 1.165) is 22.9 Å². The van der Waals surface area contributed by atoms with Gasteiger partial charge in [0.15, 0.2) is 0 Å². The molecule has 1 aliphatic heterocycles. The number of hydrogen-bond donors (Lipinski definition) is 1. The van der Waals surface area contributed by atoms with Gasteiger partial charge in [-0.1, -0.05) is 46.3 Å². The first kappa shape index (κ1) is 18.9. The van der Waals surface area contributed by atoms with Crippen molar-refractivity contribution >= 4 is 44.3 Å². The van der Waals surface area contributed by atoms with Crippen LogP contribution in [0.4, 0.5) is 5.69 Å². The smallest absolute Gasteiger partial charge is 0.310 e. The first-order valence-electron chi connectivity index (χ1n) is 10.5. The van der Waals surface area contributed by atoms with Crippen molar-refractivity contribution in [2.75, 3.05) is 5.32 Å². The first-order valence-corrected chi connectivity index (χ1v) is 11.4. The molecule has 0 aromatic heterocycles. The second-order valence-electron chi connectivity index (χ2n) is 8.59. The number of carbonyl (C=O) groups excluding carboxylic acids is 2. The summed E-state index contributed by atoms with van der Waals surface area (Å²) in [6.45, 7) is 0. The molecule has 5 nitrogen and oxygen atoms in total. The zero-order chi connectivity index (χ0) is 21.1. The number of nitrogens with one attached hydrogen (secondary N) is 1. The number of rotatable bonds is 4. The fraction of sp³-hybridized carbons (Fsp3) is 0.280. The van der Waals surface area contributed by atoms with Crippen LogP contribution in [0.15, 0.2) is 66.7 Å². The minimum Gasteiger partial charge on any atom is -0.461 e. The van der Waals surface area contributed by atoms with Crippen LogP contribution in [-0.4, -0.2) is 22.8 Å². The van der Waals surface area contributed by atoms with Gasteiger partial charge in [0, 0.05) is 11.6 Å². The van der Waals surface area contributed by atoms with Gasteiger partial charge in [0.2, 0.25) is 5.91 Å². The average molecular weight is 478 g/mol. The van der Waals surface area contributed by atoms with Crippen LogP contribution in [0.3, 0.4) is 0 Å². The molecule has 2 aliphatic carbocycles. The summed E-state index contributed by atoms with van der Waals surface area (Å²) in [6.07, 6.45) is 0.797. The second kappa shape index (κ2) is 7.09. The number of ether oxygens (including phenoxy) is 2. The Balaban J connectivity index is 1.15. The van der Waals surface area contributed by atoms with E-state index in [1.165, 1.54) is 0 Å². The zero-order valence-corrected chi connectivity index (χ0v) is 18.1. The van der Waals surface area contributed by atoms with Gasteiger partial charge < -0.3 is 14.8 Å². The Labute approximate surface area is 187 Å². The number of hydrogen-bond acceptors (Lipinski definition) is 4. The molecule has 1 amide bonds. The minimum atomic E-state index is -0.339. The van der Waals surface area contributed by atoms with E-state index in [4.69, 9.17) is 9.47 Å². The Bertz CT molecular complexity index is 1190. The van der Waals surface area contributed by atoms with E-state index in [9.17, 15) is 9.59 Å². The number of alkyl halides is 1. The van der Waals surface area contributed by atoms with Gasteiger partial charge in [-0.05, 0) is 59.5 Å². The summed E-state index contributed by atoms with van der Waals surface area (Å²) in [5.41, 5.74) is 0.688. The molecule has 6 atom stereocenters. The maximum Gasteiger partial charge on any atom is 0.310 e. The molecule has 3 aromatic rings. The summed E-state index contributed by atoms with van der Waals surface area (Å²) in [6, 6.07) is 21.4. The summed E-state index contributed by atoms with van der Waals surface area (Å²) in [7, 11) is 0. The molecule has 2 saturated carbocycles. The highest BCUT2D eigenvalue weighted by Gasteiger charge is 2.67. The van der Waals surface area contributed by atoms with Crippen molar-refractivity contribution in [3.05, 3.63) is 66.7 Å². The van der Waals surface area contributed by atoms with E-state index in [-0.39, 0.29) is 46.5 Å². The number of fused-ring (bicyclic) bond motifs is 2. The predicted octanol–water partition coefficient (Wildman–Crippen LogP) is 5.14. The van der Waals surface area contributed by atoms with Gasteiger partial charge >= 0.3 is 5.97 Å². The van der Waals surface area contributed by atoms with Crippen molar-refractivity contribution in [2.45, 2.75) is 17.4 Å². The molecule has 31 heavy (non-hydrogen) atoms. The van der Waals surface area contributed by atoms with E-state index in [2.05, 4.69) is 33.4 Å². The third kappa shape index (κ3) is 3.04. The molecule has 3 aliphatic rings. The lowest BCUT2D eigenvalue weighted by Crippen LogP contribution is -2.40. The van der Waals surface area contributed by atoms with Gasteiger partial charge in [0.1, 0.15) is 17.6 Å². The Morgan fingerprint density at radius 1 is 0.968 bits per heavy atom. The molecule has 0 radical (unpaired) electrons. The van der Waals surface area contributed by atoms with Crippen LogP contribution in [0.25, 0.3) is 10.8 Å². The highest BCUT2D eigenvalue weighted by Crippen LogP contribution is 2.60. The highest BCUT2D eigenvalue weighted by atomic mass is 79.9. The monoisotopic (exact) mass is 477 g/mol. The topological polar surface area (TPSA) is 64.6 Å². The van der Waals surface area contributed by atoms with Crippen LogP contribution in [0.1, 0.15) is 6.42 Å². The lowest BCUT2D eigenvalue weighted by molar-refractivity contribution is -0.145. The molecule has 3 fully saturated rings. The second-order valence-corrected chi connectivity index (χ2v) is 9.64. The van der Waals surface area contributed by atoms with Crippen molar-refractivity contribution in [3.8, 4) is 11.5 Å². The molecule has 1 saturated heterocycles. The number of halogens is 1. The van der Waals surface area contributed by atoms with E-state index in [1.54, 1.807) is 0 Å². The van der Waals surface area contributed by atoms with Gasteiger partial charge in [0.25, 0.3) is 0 Å². The maximum absolute atomic E-state index is 13.0. The van der Waals surface area contributed by atoms with Crippen molar-refractivity contribution in [1.82, 2.24) is 0 Å². The lowest BCUT2D eigenvalue weighted by Gasteiger charge is -2.27. The molecule has 6 heteroatoms. The Hall–Kier alpha value is -2.86. The van der Waals surface area contributed by atoms with Crippen molar-refractivity contribution in [3.63, 3.8) is 0 Å². The number of amides is 1. The summed E-state index contributed by atoms with van der Waals surface area (Å²) < 4.78 is 11.5. The van der Waals surface area contributed by atoms with E-state index in [0.29, 0.717) is 11.4 Å². The van der Waals surface area contributed by atoms with Crippen molar-refractivity contribution in [2.24, 2.45) is 23.7 Å². The van der Waals surface area contributed by atoms with Crippen molar-refractivity contribution < 1.29 is 19.1 Å². The largest absolute Gasteiger partial charge is 0.461 e. The maximum atomic E-state index is 13.0. The summed E-state index contributed by atoms with van der Waals surface area (Å²) in [5.74, 6) is 0.776. The molecule has 1 N–H and O–H groups in total. The number of esters is 1. The Morgan fingerprint density at radius 2 is 1.71 bits per heavy atom. The van der Waals surface area contributed by atoms with Crippen LogP contribution in [0.2, 0.25) is 0 Å². The average Bonchev–Trinajstić information content (AvgIpc) is 3.39. The molecule has 2 bridgehead atoms. The van der Waals surface area contributed by atoms with Gasteiger partial charge in [-0.2, -0.15) is 0 Å². The zero-order valence-electron chi connectivity index (χ0n) is 16.5. The third-order valence-corrected chi connectivity index (χ3v) is 8.10. The Morgan fingerprint density at radius 3 is 2.52 bits per heavy atom. The van der Waals surface area contributed by atoms with Crippen LogP contribution in [0, 0.1) is 23.7 Å². The normalized spacial score (nSPS) is 30.4. The SMILES string of the molecule is O=C(Nc1ccc(Oc2ccc3ccccc3c2)cc1)[C@@H]1[C@H]2C[C@H]3[C@H](OC(=O)[C@@H]31)[C@H]2Br. The van der Waals surface area contributed by atoms with Gasteiger partial charge in [-0.15, -0.1) is 0 Å². The number of carbonyl (C=O) groups is 2. The van der Waals surface area contributed by atoms with Crippen LogP contribution in [0.5, 0.6) is 11.5 Å². The quantitative estimate of drug-likeness (QED) is 0.417. The fourth-order valence-corrected chi connectivity index (χ4v) is 6.57. The molecule has 0 unspecified atom stereocenters. The van der Waals surface area contributed by atoms with Gasteiger partial charge in [-0.25, -0.2) is 0 Å². The Kier molecular flexibility index (Phi) is 4.32. The summed E-state index contributed by atoms with van der Waals surface area (Å²) >= 11 is 3.65. The van der Waals surface area contributed by atoms with E-state index < -0.39 is 0 Å². The first-order chi connectivity index (χ1) is 15.1. The standard InChI is InChI=1S/C25H20BrNO4/c26-22-18-12-19-21(25(29)31-23(19)22)20(18)24(28)27-15-6-9-16(10-7-15)30-17-8-5-13-3-1-2-4-14(13)11-17/h1-11,18-23H,12H2,(H,27,28)/t18-,19-,20-,21+,22+,23+/m1/s1. The summed E-state index contributed by atoms with van der Waals surface area (Å²) in [5, 5.41) is 5.27. The van der Waals surface area contributed by atoms with E-state index >= 15 is 0 Å². The highest BCUT2D eigenvalue weighted by molar-refractivity contribution is 9.09. The molecule has 156 valence electrons. The fourth-order valence-electron chi connectivity index (χ4n) is 5.53. The molecule has 3 aromatic carbocycles. The van der Waals surface area contributed by atoms with Crippen LogP contribution < -0.4 is 10.1 Å². The summed E-state index contributed by atoms with van der Waals surface area (Å²) in [4.78, 5) is 25.3. The molecule has 0 spiro atoms.